The molecule has 39 heavy (non-hydrogen) atoms. The first-order valence-corrected chi connectivity index (χ1v) is 13.1. The first-order valence-electron chi connectivity index (χ1n) is 12.0. The highest BCUT2D eigenvalue weighted by atomic mass is 79.9. The number of carbonyl (C=O) groups is 4. The van der Waals surface area contributed by atoms with Crippen LogP contribution in [0, 0.1) is 17.8 Å². The zero-order valence-corrected chi connectivity index (χ0v) is 25.1. The molecule has 0 radical (unpaired) electrons. The minimum atomic E-state index is -2.69. The highest BCUT2D eigenvalue weighted by Crippen LogP contribution is 2.54. The molecule has 1 fully saturated rings. The Morgan fingerprint density at radius 1 is 1.21 bits per heavy atom. The van der Waals surface area contributed by atoms with Crippen LogP contribution in [0.4, 0.5) is 0 Å². The van der Waals surface area contributed by atoms with Gasteiger partial charge in [0, 0.05) is 37.0 Å². The SMILES string of the molecule is Br.CN(C)C1=C2CC3CC4[C@H](N(C)C)C(O)=C(C(N)=O)C(=O)[C@@]4(O)C(O)=C3C(=O)C2C(O)C(NC(=O)CBr)=C1. The number of aliphatic hydroxyl groups excluding tert-OH is 3. The molecule has 0 saturated heterocycles. The summed E-state index contributed by atoms with van der Waals surface area (Å²) in [6.45, 7) is 0. The van der Waals surface area contributed by atoms with Crippen LogP contribution in [-0.4, -0.2) is 105 Å². The quantitative estimate of drug-likeness (QED) is 0.167. The topological polar surface area (TPSA) is 194 Å². The van der Waals surface area contributed by atoms with Crippen LogP contribution >= 0.6 is 32.9 Å². The molecule has 0 aromatic carbocycles. The summed E-state index contributed by atoms with van der Waals surface area (Å²) in [5, 5.41) is 47.6. The van der Waals surface area contributed by atoms with Crippen molar-refractivity contribution in [1.82, 2.24) is 15.1 Å². The minimum Gasteiger partial charge on any atom is -0.510 e. The molecule has 0 aromatic rings. The van der Waals surface area contributed by atoms with E-state index in [2.05, 4.69) is 21.2 Å². The van der Waals surface area contributed by atoms with Gasteiger partial charge in [-0.2, -0.15) is 0 Å². The van der Waals surface area contributed by atoms with E-state index in [0.29, 0.717) is 11.3 Å². The number of nitrogens with one attached hydrogen (secondary N) is 1. The van der Waals surface area contributed by atoms with Gasteiger partial charge in [-0.25, -0.2) is 0 Å². The molecular formula is C25H32Br2N4O8. The highest BCUT2D eigenvalue weighted by molar-refractivity contribution is 9.09. The number of Topliss-reactive ketones (excluding diaryl/α,β-unsaturated/α-hetero) is 2. The number of primary amides is 1. The van der Waals surface area contributed by atoms with Crippen LogP contribution in [0.15, 0.2) is 45.7 Å². The molecule has 4 aliphatic carbocycles. The number of halogens is 2. The van der Waals surface area contributed by atoms with Gasteiger partial charge in [0.05, 0.1) is 17.3 Å². The normalized spacial score (nSPS) is 32.2. The Labute approximate surface area is 243 Å². The Morgan fingerprint density at radius 2 is 1.82 bits per heavy atom. The number of likely N-dealkylation sites (N-methyl/N-ethyl adjacent to an activating group) is 2. The Hall–Kier alpha value is -2.52. The summed E-state index contributed by atoms with van der Waals surface area (Å²) in [5.74, 6) is -8.19. The van der Waals surface area contributed by atoms with Gasteiger partial charge in [-0.1, -0.05) is 15.9 Å². The number of alkyl halides is 1. The molecule has 0 aromatic heterocycles. The highest BCUT2D eigenvalue weighted by Gasteiger charge is 2.64. The molecule has 0 aliphatic heterocycles. The Bertz CT molecular complexity index is 1270. The summed E-state index contributed by atoms with van der Waals surface area (Å²) >= 11 is 3.05. The van der Waals surface area contributed by atoms with E-state index < -0.39 is 76.0 Å². The molecule has 14 heteroatoms. The number of nitrogens with two attached hydrogens (primary N) is 1. The van der Waals surface area contributed by atoms with Crippen molar-refractivity contribution in [3.8, 4) is 0 Å². The first kappa shape index (κ1) is 31.0. The fraction of sp³-hybridized carbons (Fsp3) is 0.520. The summed E-state index contributed by atoms with van der Waals surface area (Å²) in [7, 11) is 6.65. The standard InChI is InChI=1S/C25H31BrN4O8.BrH/c1-29(2)13-7-12(28-14(31)8-26)19(32)16-10(13)5-9-6-11-18(30(3)4)21(34)17(24(27)37)23(36)25(11,38)22(35)15(9)20(16)33;/h7,9,11,16,18-19,32,34-35,38H,5-6,8H2,1-4H3,(H2,27,37)(H,28,31);1H/t9?,11?,16?,18-,19?,25-;/m0./s1. The number of aliphatic hydroxyl groups is 4. The lowest BCUT2D eigenvalue weighted by molar-refractivity contribution is -0.149. The Balaban J connectivity index is 0.00000420. The number of rotatable bonds is 5. The fourth-order valence-corrected chi connectivity index (χ4v) is 6.48. The predicted octanol–water partition coefficient (Wildman–Crippen LogP) is -0.272. The van der Waals surface area contributed by atoms with Gasteiger partial charge < -0.3 is 36.4 Å². The largest absolute Gasteiger partial charge is 0.510 e. The van der Waals surface area contributed by atoms with Gasteiger partial charge >= 0.3 is 0 Å². The maximum atomic E-state index is 13.9. The van der Waals surface area contributed by atoms with Crippen molar-refractivity contribution in [3.63, 3.8) is 0 Å². The number of hydrogen-bond acceptors (Lipinski definition) is 10. The third kappa shape index (κ3) is 4.55. The van der Waals surface area contributed by atoms with Gasteiger partial charge in [0.1, 0.15) is 23.2 Å². The molecule has 7 N–H and O–H groups in total. The second-order valence-corrected chi connectivity index (χ2v) is 11.1. The molecule has 0 spiro atoms. The molecule has 0 bridgehead atoms. The Morgan fingerprint density at radius 3 is 2.33 bits per heavy atom. The van der Waals surface area contributed by atoms with Crippen molar-refractivity contribution < 1.29 is 39.6 Å². The van der Waals surface area contributed by atoms with Gasteiger partial charge in [0.25, 0.3) is 5.91 Å². The van der Waals surface area contributed by atoms with Crippen molar-refractivity contribution in [1.29, 1.82) is 0 Å². The monoisotopic (exact) mass is 674 g/mol. The third-order valence-electron chi connectivity index (χ3n) is 7.93. The van der Waals surface area contributed by atoms with Gasteiger partial charge in [0.15, 0.2) is 11.4 Å². The van der Waals surface area contributed by atoms with Crippen LogP contribution < -0.4 is 11.1 Å². The van der Waals surface area contributed by atoms with Crippen molar-refractivity contribution in [3.05, 3.63) is 45.7 Å². The lowest BCUT2D eigenvalue weighted by Crippen LogP contribution is -2.64. The van der Waals surface area contributed by atoms with E-state index in [-0.39, 0.29) is 46.4 Å². The number of fused-ring (bicyclic) bond motifs is 3. The molecule has 12 nitrogen and oxygen atoms in total. The summed E-state index contributed by atoms with van der Waals surface area (Å²) in [6, 6.07) is -1.05. The van der Waals surface area contributed by atoms with Crippen molar-refractivity contribution in [2.24, 2.45) is 23.5 Å². The molecule has 4 unspecified atom stereocenters. The Kier molecular flexibility index (Phi) is 8.59. The van der Waals surface area contributed by atoms with E-state index in [9.17, 15) is 39.6 Å². The van der Waals surface area contributed by atoms with Crippen LogP contribution in [-0.2, 0) is 19.2 Å². The average Bonchev–Trinajstić information content (AvgIpc) is 2.82. The van der Waals surface area contributed by atoms with Crippen LogP contribution in [0.3, 0.4) is 0 Å². The molecule has 214 valence electrons. The van der Waals surface area contributed by atoms with Gasteiger partial charge in [-0.15, -0.1) is 17.0 Å². The molecular weight excluding hydrogens is 644 g/mol. The van der Waals surface area contributed by atoms with Crippen molar-refractivity contribution >= 4 is 56.3 Å². The molecule has 6 atom stereocenters. The van der Waals surface area contributed by atoms with Crippen LogP contribution in [0.1, 0.15) is 12.8 Å². The summed E-state index contributed by atoms with van der Waals surface area (Å²) in [6.07, 6.45) is 0.346. The fourth-order valence-electron chi connectivity index (χ4n) is 6.34. The maximum absolute atomic E-state index is 13.9. The number of carbonyl (C=O) groups excluding carboxylic acids is 4. The van der Waals surface area contributed by atoms with Crippen LogP contribution in [0.25, 0.3) is 0 Å². The lowest BCUT2D eigenvalue weighted by atomic mass is 9.56. The van der Waals surface area contributed by atoms with Gasteiger partial charge in [-0.3, -0.25) is 24.1 Å². The van der Waals surface area contributed by atoms with E-state index in [1.165, 1.54) is 4.90 Å². The van der Waals surface area contributed by atoms with Crippen LogP contribution in [0.5, 0.6) is 0 Å². The summed E-state index contributed by atoms with van der Waals surface area (Å²) in [5.41, 5.74) is 2.87. The maximum Gasteiger partial charge on any atom is 0.255 e. The first-order chi connectivity index (χ1) is 17.7. The lowest BCUT2D eigenvalue weighted by Gasteiger charge is -2.51. The number of hydrogen-bond donors (Lipinski definition) is 6. The molecule has 4 rings (SSSR count). The molecule has 4 aliphatic rings. The van der Waals surface area contributed by atoms with Crippen molar-refractivity contribution in [2.75, 3.05) is 33.5 Å². The zero-order chi connectivity index (χ0) is 28.4. The number of amides is 2. The van der Waals surface area contributed by atoms with E-state index >= 15 is 0 Å². The molecule has 1 saturated carbocycles. The predicted molar refractivity (Wildman–Crippen MR) is 148 cm³/mol. The summed E-state index contributed by atoms with van der Waals surface area (Å²) < 4.78 is 0. The van der Waals surface area contributed by atoms with Gasteiger partial charge in [0.2, 0.25) is 11.7 Å². The minimum absolute atomic E-state index is 0. The second kappa shape index (κ2) is 10.8. The number of allylic oxidation sites excluding steroid dienone is 2. The molecule has 2 amide bonds. The van der Waals surface area contributed by atoms with E-state index in [4.69, 9.17) is 5.73 Å². The zero-order valence-electron chi connectivity index (χ0n) is 21.8. The van der Waals surface area contributed by atoms with Crippen molar-refractivity contribution in [2.45, 2.75) is 30.6 Å². The molecule has 0 heterocycles. The smallest absolute Gasteiger partial charge is 0.255 e. The van der Waals surface area contributed by atoms with E-state index in [1.54, 1.807) is 39.2 Å². The van der Waals surface area contributed by atoms with E-state index in [0.717, 1.165) is 0 Å². The van der Waals surface area contributed by atoms with Crippen LogP contribution in [0.2, 0.25) is 0 Å². The third-order valence-corrected chi connectivity index (χ3v) is 8.43. The van der Waals surface area contributed by atoms with E-state index in [1.807, 2.05) is 0 Å². The van der Waals surface area contributed by atoms with Gasteiger partial charge in [-0.05, 0) is 44.5 Å². The summed E-state index contributed by atoms with van der Waals surface area (Å²) in [4.78, 5) is 54.7. The number of nitrogens with zero attached hydrogens (tertiary/aromatic N) is 2. The number of ketones is 2. The average molecular weight is 676 g/mol. The second-order valence-electron chi connectivity index (χ2n) is 10.5.